The number of benzene rings is 2. The van der Waals surface area contributed by atoms with Gasteiger partial charge in [-0.3, -0.25) is 14.8 Å². The molecule has 2 aromatic carbocycles. The zero-order valence-electron chi connectivity index (χ0n) is 14.8. The van der Waals surface area contributed by atoms with E-state index in [2.05, 4.69) is 15.0 Å². The number of nitrogens with zero attached hydrogens (tertiary/aromatic N) is 1. The number of carbonyl (C=O) groups is 1. The summed E-state index contributed by atoms with van der Waals surface area (Å²) in [5, 5.41) is 2.91. The van der Waals surface area contributed by atoms with Crippen LogP contribution in [0.4, 0.5) is 19.6 Å². The highest BCUT2D eigenvalue weighted by molar-refractivity contribution is 7.92. The molecule has 146 valence electrons. The maximum Gasteiger partial charge on any atom is 0.257 e. The van der Waals surface area contributed by atoms with Crippen LogP contribution in [0.3, 0.4) is 0 Å². The van der Waals surface area contributed by atoms with Gasteiger partial charge in [-0.1, -0.05) is 6.07 Å². The summed E-state index contributed by atoms with van der Waals surface area (Å²) >= 11 is 1.19. The van der Waals surface area contributed by atoms with E-state index >= 15 is 0 Å². The summed E-state index contributed by atoms with van der Waals surface area (Å²) in [5.74, 6) is -2.42. The van der Waals surface area contributed by atoms with Gasteiger partial charge < -0.3 is 0 Å². The van der Waals surface area contributed by atoms with Crippen molar-refractivity contribution in [2.45, 2.75) is 6.92 Å². The molecule has 1 amide bonds. The molecule has 3 aromatic rings. The molecule has 0 fully saturated rings. The zero-order chi connectivity index (χ0) is 20.5. The summed E-state index contributed by atoms with van der Waals surface area (Å²) < 4.78 is 51.5. The van der Waals surface area contributed by atoms with E-state index in [0.717, 1.165) is 18.4 Å². The summed E-state index contributed by atoms with van der Waals surface area (Å²) in [6.07, 6.45) is 1.01. The Morgan fingerprint density at radius 1 is 1.11 bits per heavy atom. The monoisotopic (exact) mass is 423 g/mol. The first-order valence-electron chi connectivity index (χ1n) is 7.94. The third-order valence-corrected chi connectivity index (χ3v) is 5.13. The fourth-order valence-electron chi connectivity index (χ4n) is 2.47. The molecule has 10 heteroatoms. The zero-order valence-corrected chi connectivity index (χ0v) is 16.4. The Kier molecular flexibility index (Phi) is 5.43. The molecule has 0 unspecified atom stereocenters. The number of aromatic nitrogens is 1. The molecule has 28 heavy (non-hydrogen) atoms. The SMILES string of the molecule is Cc1sc(NC(=O)c2cccc(NS(C)(=O)=O)c2)nc1-c1ccc(F)c(F)c1. The highest BCUT2D eigenvalue weighted by atomic mass is 32.2. The number of rotatable bonds is 5. The molecule has 0 saturated heterocycles. The van der Waals surface area contributed by atoms with Crippen molar-refractivity contribution in [3.8, 4) is 11.3 Å². The Labute approximate surface area is 164 Å². The second-order valence-corrected chi connectivity index (χ2v) is 8.91. The summed E-state index contributed by atoms with van der Waals surface area (Å²) in [6, 6.07) is 9.46. The number of aryl methyl sites for hydroxylation is 1. The molecule has 0 aliphatic carbocycles. The predicted octanol–water partition coefficient (Wildman–Crippen LogP) is 4.02. The van der Waals surface area contributed by atoms with Crippen molar-refractivity contribution in [3.63, 3.8) is 0 Å². The van der Waals surface area contributed by atoms with E-state index in [9.17, 15) is 22.0 Å². The van der Waals surface area contributed by atoms with E-state index in [-0.39, 0.29) is 16.4 Å². The van der Waals surface area contributed by atoms with Crippen molar-refractivity contribution in [2.24, 2.45) is 0 Å². The lowest BCUT2D eigenvalue weighted by Crippen LogP contribution is -2.13. The fraction of sp³-hybridized carbons (Fsp3) is 0.111. The van der Waals surface area contributed by atoms with Gasteiger partial charge in [-0.15, -0.1) is 11.3 Å². The minimum Gasteiger partial charge on any atom is -0.298 e. The quantitative estimate of drug-likeness (QED) is 0.649. The average molecular weight is 423 g/mol. The lowest BCUT2D eigenvalue weighted by atomic mass is 10.1. The van der Waals surface area contributed by atoms with Crippen LogP contribution in [0.15, 0.2) is 42.5 Å². The van der Waals surface area contributed by atoms with Gasteiger partial charge in [0.15, 0.2) is 16.8 Å². The number of amides is 1. The molecule has 0 radical (unpaired) electrons. The predicted molar refractivity (Wildman–Crippen MR) is 105 cm³/mol. The number of hydrogen-bond acceptors (Lipinski definition) is 5. The second kappa shape index (κ2) is 7.64. The highest BCUT2D eigenvalue weighted by Crippen LogP contribution is 2.31. The van der Waals surface area contributed by atoms with Gasteiger partial charge >= 0.3 is 0 Å². The van der Waals surface area contributed by atoms with E-state index in [1.165, 1.54) is 35.6 Å². The van der Waals surface area contributed by atoms with E-state index in [4.69, 9.17) is 0 Å². The van der Waals surface area contributed by atoms with E-state index in [0.29, 0.717) is 16.1 Å². The van der Waals surface area contributed by atoms with Crippen LogP contribution in [-0.2, 0) is 10.0 Å². The van der Waals surface area contributed by atoms with Crippen LogP contribution >= 0.6 is 11.3 Å². The number of thiazole rings is 1. The first-order valence-corrected chi connectivity index (χ1v) is 10.7. The number of hydrogen-bond donors (Lipinski definition) is 2. The molecule has 0 atom stereocenters. The van der Waals surface area contributed by atoms with Crippen LogP contribution in [0.25, 0.3) is 11.3 Å². The molecule has 2 N–H and O–H groups in total. The molecule has 0 spiro atoms. The molecule has 0 aliphatic rings. The third kappa shape index (κ3) is 4.70. The number of anilines is 2. The van der Waals surface area contributed by atoms with Crippen molar-refractivity contribution in [3.05, 3.63) is 64.5 Å². The Bertz CT molecular complexity index is 1160. The summed E-state index contributed by atoms with van der Waals surface area (Å²) in [4.78, 5) is 17.5. The van der Waals surface area contributed by atoms with Gasteiger partial charge in [0.2, 0.25) is 10.0 Å². The lowest BCUT2D eigenvalue weighted by molar-refractivity contribution is 0.102. The van der Waals surface area contributed by atoms with E-state index in [1.54, 1.807) is 13.0 Å². The molecular weight excluding hydrogens is 408 g/mol. The minimum absolute atomic E-state index is 0.232. The van der Waals surface area contributed by atoms with E-state index < -0.39 is 27.6 Å². The van der Waals surface area contributed by atoms with Gasteiger partial charge in [0.25, 0.3) is 5.91 Å². The summed E-state index contributed by atoms with van der Waals surface area (Å²) in [6.45, 7) is 1.75. The van der Waals surface area contributed by atoms with Crippen molar-refractivity contribution in [1.82, 2.24) is 4.98 Å². The Morgan fingerprint density at radius 3 is 2.54 bits per heavy atom. The molecule has 0 bridgehead atoms. The number of sulfonamides is 1. The van der Waals surface area contributed by atoms with Crippen LogP contribution in [-0.4, -0.2) is 25.6 Å². The van der Waals surface area contributed by atoms with Crippen LogP contribution in [0.2, 0.25) is 0 Å². The molecule has 1 heterocycles. The topological polar surface area (TPSA) is 88.2 Å². The molecule has 3 rings (SSSR count). The Morgan fingerprint density at radius 2 is 1.86 bits per heavy atom. The highest BCUT2D eigenvalue weighted by Gasteiger charge is 2.15. The fourth-order valence-corrected chi connectivity index (χ4v) is 3.85. The van der Waals surface area contributed by atoms with Crippen molar-refractivity contribution >= 4 is 38.1 Å². The number of halogens is 2. The third-order valence-electron chi connectivity index (χ3n) is 3.64. The standard InChI is InChI=1S/C18H15F2N3O3S2/c1-10-16(11-6-7-14(19)15(20)9-11)21-18(27-10)22-17(24)12-4-3-5-13(8-12)23-28(2,25)26/h3-9,23H,1-2H3,(H,21,22,24). The maximum absolute atomic E-state index is 13.5. The maximum atomic E-state index is 13.5. The van der Waals surface area contributed by atoms with Gasteiger partial charge in [0.1, 0.15) is 0 Å². The van der Waals surface area contributed by atoms with Crippen LogP contribution in [0.5, 0.6) is 0 Å². The van der Waals surface area contributed by atoms with Gasteiger partial charge in [-0.2, -0.15) is 0 Å². The summed E-state index contributed by atoms with van der Waals surface area (Å²) in [7, 11) is -3.47. The van der Waals surface area contributed by atoms with Gasteiger partial charge in [-0.05, 0) is 43.3 Å². The normalized spacial score (nSPS) is 11.3. The molecule has 0 saturated carbocycles. The van der Waals surface area contributed by atoms with Crippen LogP contribution < -0.4 is 10.0 Å². The number of nitrogens with one attached hydrogen (secondary N) is 2. The van der Waals surface area contributed by atoms with Gasteiger partial charge in [0, 0.05) is 21.7 Å². The lowest BCUT2D eigenvalue weighted by Gasteiger charge is -2.06. The van der Waals surface area contributed by atoms with Crippen molar-refractivity contribution < 1.29 is 22.0 Å². The largest absolute Gasteiger partial charge is 0.298 e. The Balaban J connectivity index is 1.82. The molecular formula is C18H15F2N3O3S2. The van der Waals surface area contributed by atoms with Crippen LogP contribution in [0.1, 0.15) is 15.2 Å². The molecule has 1 aromatic heterocycles. The van der Waals surface area contributed by atoms with Gasteiger partial charge in [-0.25, -0.2) is 22.2 Å². The molecule has 0 aliphatic heterocycles. The Hall–Kier alpha value is -2.85. The molecule has 6 nitrogen and oxygen atoms in total. The first kappa shape index (κ1) is 19.9. The average Bonchev–Trinajstić information content (AvgIpc) is 2.96. The smallest absolute Gasteiger partial charge is 0.257 e. The van der Waals surface area contributed by atoms with Crippen molar-refractivity contribution in [1.29, 1.82) is 0 Å². The van der Waals surface area contributed by atoms with Gasteiger partial charge in [0.05, 0.1) is 11.9 Å². The second-order valence-electron chi connectivity index (χ2n) is 5.96. The van der Waals surface area contributed by atoms with Crippen molar-refractivity contribution in [2.75, 3.05) is 16.3 Å². The minimum atomic E-state index is -3.47. The first-order chi connectivity index (χ1) is 13.1. The van der Waals surface area contributed by atoms with E-state index in [1.807, 2.05) is 0 Å². The summed E-state index contributed by atoms with van der Waals surface area (Å²) in [5.41, 5.74) is 1.32. The van der Waals surface area contributed by atoms with Crippen LogP contribution in [0, 0.1) is 18.6 Å². The number of carbonyl (C=O) groups excluding carboxylic acids is 1.